The Labute approximate surface area is 106 Å². The summed E-state index contributed by atoms with van der Waals surface area (Å²) in [4.78, 5) is 9.79. The van der Waals surface area contributed by atoms with E-state index < -0.39 is 0 Å². The summed E-state index contributed by atoms with van der Waals surface area (Å²) in [7, 11) is 0. The molecule has 0 aromatic carbocycles. The lowest BCUT2D eigenvalue weighted by molar-refractivity contribution is -0.370. The largest absolute Gasteiger partial charge is 0.216 e. The number of hydrogen-bond acceptors (Lipinski definition) is 3. The summed E-state index contributed by atoms with van der Waals surface area (Å²) in [6.07, 6.45) is 13.8. The first-order valence-electron chi connectivity index (χ1n) is 7.48. The van der Waals surface area contributed by atoms with Crippen molar-refractivity contribution in [3.63, 3.8) is 0 Å². The number of unbranched alkanes of at least 4 members (excludes halogenated alkanes) is 9. The number of hydroxylamine groups is 2. The molecule has 1 aliphatic heterocycles. The zero-order valence-corrected chi connectivity index (χ0v) is 11.5. The summed E-state index contributed by atoms with van der Waals surface area (Å²) < 4.78 is 0. The molecule has 1 rings (SSSR count). The minimum absolute atomic E-state index is 0.720. The fourth-order valence-corrected chi connectivity index (χ4v) is 2.21. The molecule has 3 heteroatoms. The Balaban J connectivity index is 1.69. The van der Waals surface area contributed by atoms with Gasteiger partial charge in [-0.3, -0.25) is 0 Å². The Morgan fingerprint density at radius 1 is 0.824 bits per heavy atom. The Hall–Kier alpha value is -0.120. The van der Waals surface area contributed by atoms with Crippen LogP contribution >= 0.6 is 0 Å². The first-order chi connectivity index (χ1) is 8.43. The molecule has 0 bridgehead atoms. The van der Waals surface area contributed by atoms with Gasteiger partial charge in [0.05, 0.1) is 13.2 Å². The van der Waals surface area contributed by atoms with Crippen LogP contribution in [-0.4, -0.2) is 24.8 Å². The maximum Gasteiger partial charge on any atom is 0.0993 e. The molecule has 0 N–H and O–H groups in total. The van der Waals surface area contributed by atoms with Crippen molar-refractivity contribution < 1.29 is 9.88 Å². The minimum Gasteiger partial charge on any atom is -0.216 e. The molecule has 0 aromatic heterocycles. The molecule has 0 aliphatic carbocycles. The summed E-state index contributed by atoms with van der Waals surface area (Å²) in [6, 6.07) is 0. The van der Waals surface area contributed by atoms with E-state index >= 15 is 0 Å². The van der Waals surface area contributed by atoms with E-state index in [1.54, 1.807) is 0 Å². The van der Waals surface area contributed by atoms with Gasteiger partial charge in [0.1, 0.15) is 0 Å². The summed E-state index contributed by atoms with van der Waals surface area (Å²) in [5.41, 5.74) is 0. The average molecular weight is 243 g/mol. The highest BCUT2D eigenvalue weighted by Gasteiger charge is 2.12. The van der Waals surface area contributed by atoms with Crippen molar-refractivity contribution in [2.24, 2.45) is 0 Å². The van der Waals surface area contributed by atoms with Gasteiger partial charge < -0.3 is 0 Å². The van der Waals surface area contributed by atoms with Crippen molar-refractivity contribution in [2.75, 3.05) is 19.7 Å². The van der Waals surface area contributed by atoms with Crippen LogP contribution in [0.1, 0.15) is 71.1 Å². The third-order valence-electron chi connectivity index (χ3n) is 3.34. The second-order valence-electron chi connectivity index (χ2n) is 5.01. The monoisotopic (exact) mass is 243 g/mol. The molecule has 17 heavy (non-hydrogen) atoms. The third-order valence-corrected chi connectivity index (χ3v) is 3.34. The third kappa shape index (κ3) is 8.58. The normalized spacial score (nSPS) is 16.8. The highest BCUT2D eigenvalue weighted by Crippen LogP contribution is 2.11. The molecule has 3 nitrogen and oxygen atoms in total. The molecule has 1 heterocycles. The lowest BCUT2D eigenvalue weighted by atomic mass is 10.1. The van der Waals surface area contributed by atoms with Gasteiger partial charge in [-0.25, -0.2) is 4.89 Å². The quantitative estimate of drug-likeness (QED) is 0.403. The number of rotatable bonds is 11. The van der Waals surface area contributed by atoms with Crippen LogP contribution in [0.2, 0.25) is 0 Å². The molecule has 102 valence electrons. The number of hydrogen-bond donors (Lipinski definition) is 0. The van der Waals surface area contributed by atoms with Gasteiger partial charge in [0.25, 0.3) is 0 Å². The van der Waals surface area contributed by atoms with Crippen LogP contribution in [0.5, 0.6) is 0 Å². The molecular weight excluding hydrogens is 214 g/mol. The summed E-state index contributed by atoms with van der Waals surface area (Å²) >= 11 is 0. The summed E-state index contributed by atoms with van der Waals surface area (Å²) in [5, 5.41) is 1.92. The van der Waals surface area contributed by atoms with E-state index in [0.29, 0.717) is 0 Å². The maximum atomic E-state index is 4.97. The lowest BCUT2D eigenvalue weighted by Gasteiger charge is -2.09. The SMILES string of the molecule is CCCCCCCCCCCCN1CCOO1. The first-order valence-corrected chi connectivity index (χ1v) is 7.48. The lowest BCUT2D eigenvalue weighted by Crippen LogP contribution is -2.19. The van der Waals surface area contributed by atoms with Crippen molar-refractivity contribution in [3.8, 4) is 0 Å². The van der Waals surface area contributed by atoms with E-state index in [9.17, 15) is 0 Å². The van der Waals surface area contributed by atoms with Crippen LogP contribution in [0.15, 0.2) is 0 Å². The molecule has 1 saturated heterocycles. The zero-order chi connectivity index (χ0) is 12.2. The van der Waals surface area contributed by atoms with Crippen molar-refractivity contribution in [2.45, 2.75) is 71.1 Å². The average Bonchev–Trinajstić information content (AvgIpc) is 2.85. The molecule has 1 aliphatic rings. The fraction of sp³-hybridized carbons (Fsp3) is 1.00. The Kier molecular flexibility index (Phi) is 9.66. The molecule has 0 aromatic rings. The van der Waals surface area contributed by atoms with E-state index in [2.05, 4.69) is 6.92 Å². The molecule has 0 unspecified atom stereocenters. The standard InChI is InChI=1S/C14H29NO2/c1-2-3-4-5-6-7-8-9-10-11-12-15-13-14-16-17-15/h2-14H2,1H3. The Morgan fingerprint density at radius 2 is 1.41 bits per heavy atom. The van der Waals surface area contributed by atoms with Gasteiger partial charge in [0.2, 0.25) is 0 Å². The van der Waals surface area contributed by atoms with Crippen LogP contribution in [0.3, 0.4) is 0 Å². The van der Waals surface area contributed by atoms with Gasteiger partial charge >= 0.3 is 0 Å². The van der Waals surface area contributed by atoms with Crippen LogP contribution in [0.4, 0.5) is 0 Å². The second kappa shape index (κ2) is 11.0. The smallest absolute Gasteiger partial charge is 0.0993 e. The van der Waals surface area contributed by atoms with E-state index in [1.165, 1.54) is 64.2 Å². The van der Waals surface area contributed by atoms with E-state index in [-0.39, 0.29) is 0 Å². The highest BCUT2D eigenvalue weighted by atomic mass is 17.3. The van der Waals surface area contributed by atoms with Crippen molar-refractivity contribution in [1.29, 1.82) is 0 Å². The Morgan fingerprint density at radius 3 is 1.94 bits per heavy atom. The van der Waals surface area contributed by atoms with Gasteiger partial charge in [-0.05, 0) is 6.42 Å². The maximum absolute atomic E-state index is 4.97. The second-order valence-corrected chi connectivity index (χ2v) is 5.01. The molecule has 0 atom stereocenters. The van der Waals surface area contributed by atoms with Gasteiger partial charge in [-0.1, -0.05) is 64.7 Å². The molecule has 0 spiro atoms. The molecule has 0 saturated carbocycles. The topological polar surface area (TPSA) is 21.7 Å². The molecule has 0 radical (unpaired) electrons. The summed E-state index contributed by atoms with van der Waals surface area (Å²) in [5.74, 6) is 0. The van der Waals surface area contributed by atoms with Gasteiger partial charge in [0.15, 0.2) is 0 Å². The van der Waals surface area contributed by atoms with Crippen LogP contribution in [0, 0.1) is 0 Å². The van der Waals surface area contributed by atoms with Gasteiger partial charge in [-0.2, -0.15) is 5.06 Å². The van der Waals surface area contributed by atoms with E-state index in [0.717, 1.165) is 19.7 Å². The molecule has 1 fully saturated rings. The predicted molar refractivity (Wildman–Crippen MR) is 70.5 cm³/mol. The molecule has 0 amide bonds. The minimum atomic E-state index is 0.720. The van der Waals surface area contributed by atoms with Crippen LogP contribution < -0.4 is 0 Å². The zero-order valence-electron chi connectivity index (χ0n) is 11.5. The fourth-order valence-electron chi connectivity index (χ4n) is 2.21. The van der Waals surface area contributed by atoms with Crippen LogP contribution in [0.25, 0.3) is 0 Å². The van der Waals surface area contributed by atoms with E-state index in [4.69, 9.17) is 9.88 Å². The van der Waals surface area contributed by atoms with Crippen molar-refractivity contribution >= 4 is 0 Å². The number of nitrogens with zero attached hydrogens (tertiary/aromatic N) is 1. The van der Waals surface area contributed by atoms with Crippen molar-refractivity contribution in [1.82, 2.24) is 5.06 Å². The van der Waals surface area contributed by atoms with Crippen LogP contribution in [-0.2, 0) is 9.88 Å². The van der Waals surface area contributed by atoms with E-state index in [1.807, 2.05) is 5.06 Å². The predicted octanol–water partition coefficient (Wildman–Crippen LogP) is 4.09. The first kappa shape index (κ1) is 14.9. The Bertz CT molecular complexity index is 158. The summed E-state index contributed by atoms with van der Waals surface area (Å²) in [6.45, 7) is 4.95. The van der Waals surface area contributed by atoms with Gasteiger partial charge in [-0.15, -0.1) is 4.99 Å². The highest BCUT2D eigenvalue weighted by molar-refractivity contribution is 4.51. The van der Waals surface area contributed by atoms with Crippen molar-refractivity contribution in [3.05, 3.63) is 0 Å². The molecular formula is C14H29NO2. The van der Waals surface area contributed by atoms with Gasteiger partial charge in [0, 0.05) is 6.54 Å².